The molecule has 0 unspecified atom stereocenters. The fourth-order valence-electron chi connectivity index (χ4n) is 2.38. The maximum atomic E-state index is 12.6. The Bertz CT molecular complexity index is 533. The van der Waals surface area contributed by atoms with Gasteiger partial charge < -0.3 is 9.64 Å². The van der Waals surface area contributed by atoms with Gasteiger partial charge in [-0.3, -0.25) is 4.79 Å². The molecule has 0 aromatic heterocycles. The Hall–Kier alpha value is -1.11. The van der Waals surface area contributed by atoms with Gasteiger partial charge in [0, 0.05) is 15.7 Å². The highest BCUT2D eigenvalue weighted by Gasteiger charge is 2.37. The number of benzene rings is 1. The van der Waals surface area contributed by atoms with Crippen molar-refractivity contribution >= 4 is 34.5 Å². The van der Waals surface area contributed by atoms with Crippen LogP contribution in [0, 0.1) is 3.57 Å². The van der Waals surface area contributed by atoms with Crippen molar-refractivity contribution in [1.29, 1.82) is 0 Å². The minimum atomic E-state index is -0.531. The zero-order chi connectivity index (χ0) is 15.6. The molecule has 0 N–H and O–H groups in total. The second-order valence-corrected chi connectivity index (χ2v) is 7.44. The summed E-state index contributed by atoms with van der Waals surface area (Å²) in [7, 11) is 0. The summed E-state index contributed by atoms with van der Waals surface area (Å²) >= 11 is 2.20. The molecular weight excluding hydrogens is 381 g/mol. The average molecular weight is 401 g/mol. The number of nitrogens with zero attached hydrogens (tertiary/aromatic N) is 1. The molecule has 1 aliphatic heterocycles. The van der Waals surface area contributed by atoms with Crippen LogP contribution in [0.3, 0.4) is 0 Å². The maximum absolute atomic E-state index is 12.6. The summed E-state index contributed by atoms with van der Waals surface area (Å²) in [5.74, 6) is -0.404. The number of halogens is 1. The van der Waals surface area contributed by atoms with Crippen LogP contribution in [0.4, 0.5) is 0 Å². The molecular formula is C16H20INO3. The Labute approximate surface area is 139 Å². The molecule has 0 spiro atoms. The third-order valence-corrected chi connectivity index (χ3v) is 4.00. The van der Waals surface area contributed by atoms with E-state index in [-0.39, 0.29) is 11.9 Å². The van der Waals surface area contributed by atoms with E-state index in [9.17, 15) is 9.59 Å². The summed E-state index contributed by atoms with van der Waals surface area (Å²) in [4.78, 5) is 26.4. The van der Waals surface area contributed by atoms with Crippen molar-refractivity contribution in [3.05, 3.63) is 33.4 Å². The number of ether oxygens (including phenoxy) is 1. The van der Waals surface area contributed by atoms with Crippen molar-refractivity contribution in [1.82, 2.24) is 4.90 Å². The first kappa shape index (κ1) is 16.3. The first-order valence-corrected chi connectivity index (χ1v) is 8.15. The fraction of sp³-hybridized carbons (Fsp3) is 0.500. The van der Waals surface area contributed by atoms with Gasteiger partial charge in [-0.25, -0.2) is 4.79 Å². The second-order valence-electron chi connectivity index (χ2n) is 6.20. The van der Waals surface area contributed by atoms with Crippen LogP contribution >= 0.6 is 22.6 Å². The Morgan fingerprint density at radius 1 is 1.24 bits per heavy atom. The molecule has 1 fully saturated rings. The molecule has 1 heterocycles. The first-order chi connectivity index (χ1) is 9.78. The van der Waals surface area contributed by atoms with E-state index in [1.165, 1.54) is 0 Å². The largest absolute Gasteiger partial charge is 0.458 e. The van der Waals surface area contributed by atoms with Crippen LogP contribution in [-0.2, 0) is 9.53 Å². The molecule has 1 aromatic rings. The van der Waals surface area contributed by atoms with Crippen molar-refractivity contribution in [2.24, 2.45) is 0 Å². The molecule has 114 valence electrons. The number of rotatable bonds is 2. The van der Waals surface area contributed by atoms with Gasteiger partial charge in [0.05, 0.1) is 0 Å². The molecule has 2 rings (SSSR count). The number of esters is 1. The van der Waals surface area contributed by atoms with Crippen LogP contribution in [0.25, 0.3) is 0 Å². The van der Waals surface area contributed by atoms with E-state index in [1.807, 2.05) is 32.9 Å². The topological polar surface area (TPSA) is 46.6 Å². The van der Waals surface area contributed by atoms with Crippen molar-refractivity contribution in [2.75, 3.05) is 6.54 Å². The molecule has 21 heavy (non-hydrogen) atoms. The number of hydrogen-bond acceptors (Lipinski definition) is 3. The third kappa shape index (κ3) is 4.18. The minimum absolute atomic E-state index is 0.0974. The van der Waals surface area contributed by atoms with Crippen molar-refractivity contribution in [3.63, 3.8) is 0 Å². The van der Waals surface area contributed by atoms with Crippen molar-refractivity contribution in [3.8, 4) is 0 Å². The highest BCUT2D eigenvalue weighted by Crippen LogP contribution is 2.23. The lowest BCUT2D eigenvalue weighted by Crippen LogP contribution is -2.43. The Kier molecular flexibility index (Phi) is 4.91. The van der Waals surface area contributed by atoms with Gasteiger partial charge in [-0.15, -0.1) is 0 Å². The molecule has 4 nitrogen and oxygen atoms in total. The van der Waals surface area contributed by atoms with E-state index in [2.05, 4.69) is 22.6 Å². The number of likely N-dealkylation sites (tertiary alicyclic amines) is 1. The zero-order valence-corrected chi connectivity index (χ0v) is 14.7. The predicted molar refractivity (Wildman–Crippen MR) is 89.1 cm³/mol. The summed E-state index contributed by atoms with van der Waals surface area (Å²) in [6.45, 7) is 6.12. The second kappa shape index (κ2) is 6.34. The van der Waals surface area contributed by atoms with E-state index in [0.29, 0.717) is 18.5 Å². The monoisotopic (exact) mass is 401 g/mol. The summed E-state index contributed by atoms with van der Waals surface area (Å²) < 4.78 is 6.50. The van der Waals surface area contributed by atoms with Crippen LogP contribution in [0.2, 0.25) is 0 Å². The lowest BCUT2D eigenvalue weighted by atomic mass is 10.1. The van der Waals surface area contributed by atoms with Crippen LogP contribution in [-0.4, -0.2) is 35.0 Å². The Balaban J connectivity index is 2.13. The lowest BCUT2D eigenvalue weighted by molar-refractivity contribution is -0.159. The zero-order valence-electron chi connectivity index (χ0n) is 12.6. The molecule has 1 saturated heterocycles. The average Bonchev–Trinajstić information content (AvgIpc) is 2.86. The lowest BCUT2D eigenvalue weighted by Gasteiger charge is -2.27. The van der Waals surface area contributed by atoms with E-state index >= 15 is 0 Å². The molecule has 1 aliphatic rings. The van der Waals surface area contributed by atoms with E-state index in [4.69, 9.17) is 4.74 Å². The van der Waals surface area contributed by atoms with E-state index < -0.39 is 11.6 Å². The van der Waals surface area contributed by atoms with Crippen LogP contribution < -0.4 is 0 Å². The van der Waals surface area contributed by atoms with Gasteiger partial charge >= 0.3 is 5.97 Å². The van der Waals surface area contributed by atoms with Gasteiger partial charge in [-0.2, -0.15) is 0 Å². The molecule has 1 aromatic carbocycles. The molecule has 1 atom stereocenters. The van der Waals surface area contributed by atoms with Gasteiger partial charge in [0.25, 0.3) is 5.91 Å². The van der Waals surface area contributed by atoms with Gasteiger partial charge in [-0.1, -0.05) is 0 Å². The normalized spacial score (nSPS) is 18.7. The van der Waals surface area contributed by atoms with Crippen LogP contribution in [0.15, 0.2) is 24.3 Å². The third-order valence-electron chi connectivity index (χ3n) is 3.28. The van der Waals surface area contributed by atoms with Crippen molar-refractivity contribution in [2.45, 2.75) is 45.3 Å². The van der Waals surface area contributed by atoms with Crippen LogP contribution in [0.1, 0.15) is 44.0 Å². The number of carbonyl (C=O) groups is 2. The number of hydrogen-bond donors (Lipinski definition) is 0. The summed E-state index contributed by atoms with van der Waals surface area (Å²) in [6, 6.07) is 6.93. The fourth-order valence-corrected chi connectivity index (χ4v) is 2.74. The minimum Gasteiger partial charge on any atom is -0.458 e. The number of carbonyl (C=O) groups excluding carboxylic acids is 2. The Morgan fingerprint density at radius 3 is 2.43 bits per heavy atom. The molecule has 1 amide bonds. The molecule has 0 bridgehead atoms. The Morgan fingerprint density at radius 2 is 1.86 bits per heavy atom. The molecule has 0 aliphatic carbocycles. The van der Waals surface area contributed by atoms with Gasteiger partial charge in [0.15, 0.2) is 0 Å². The van der Waals surface area contributed by atoms with Crippen LogP contribution in [0.5, 0.6) is 0 Å². The first-order valence-electron chi connectivity index (χ1n) is 7.07. The van der Waals surface area contributed by atoms with E-state index in [1.54, 1.807) is 17.0 Å². The summed E-state index contributed by atoms with van der Waals surface area (Å²) in [6.07, 6.45) is 1.50. The molecule has 5 heteroatoms. The smallest absolute Gasteiger partial charge is 0.329 e. The molecule has 0 radical (unpaired) electrons. The van der Waals surface area contributed by atoms with Crippen molar-refractivity contribution < 1.29 is 14.3 Å². The standard InChI is InChI=1S/C16H20INO3/c1-16(2,3)21-15(20)13-5-4-10-18(13)14(19)11-6-8-12(17)9-7-11/h6-9,13H,4-5,10H2,1-3H3/t13-/m0/s1. The quantitative estimate of drug-likeness (QED) is 0.565. The highest BCUT2D eigenvalue weighted by atomic mass is 127. The highest BCUT2D eigenvalue weighted by molar-refractivity contribution is 14.1. The summed E-state index contributed by atoms with van der Waals surface area (Å²) in [5, 5.41) is 0. The maximum Gasteiger partial charge on any atom is 0.329 e. The van der Waals surface area contributed by atoms with Gasteiger partial charge in [-0.05, 0) is 80.5 Å². The molecule has 0 saturated carbocycles. The van der Waals surface area contributed by atoms with E-state index in [0.717, 1.165) is 9.99 Å². The number of amides is 1. The summed E-state index contributed by atoms with van der Waals surface area (Å²) in [5.41, 5.74) is 0.0860. The predicted octanol–water partition coefficient (Wildman–Crippen LogP) is 3.24. The SMILES string of the molecule is CC(C)(C)OC(=O)[C@@H]1CCCN1C(=O)c1ccc(I)cc1. The van der Waals surface area contributed by atoms with Gasteiger partial charge in [0.1, 0.15) is 11.6 Å². The van der Waals surface area contributed by atoms with Gasteiger partial charge in [0.2, 0.25) is 0 Å².